The van der Waals surface area contributed by atoms with Gasteiger partial charge >= 0.3 is 5.97 Å². The molecule has 1 atom stereocenters. The third kappa shape index (κ3) is 3.96. The molecule has 1 aromatic carbocycles. The molecule has 0 saturated heterocycles. The Hall–Kier alpha value is -2.47. The summed E-state index contributed by atoms with van der Waals surface area (Å²) in [5.41, 5.74) is 1.70. The minimum atomic E-state index is -0.615. The van der Waals surface area contributed by atoms with Crippen LogP contribution in [0.3, 0.4) is 0 Å². The van der Waals surface area contributed by atoms with E-state index >= 15 is 0 Å². The van der Waals surface area contributed by atoms with Gasteiger partial charge in [-0.2, -0.15) is 0 Å². The number of benzene rings is 1. The summed E-state index contributed by atoms with van der Waals surface area (Å²) in [7, 11) is 0. The standard InChI is InChI=1S/C19H20N2O3S/c1-12(16-20-21-17(24-16)15-6-5-11-25-15)23-18(22)13-7-9-14(10-8-13)19(2,3)4/h5-12H,1-4H3/t12-/m0/s1. The molecule has 3 rings (SSSR count). The molecule has 0 amide bonds. The maximum absolute atomic E-state index is 12.3. The molecule has 2 aromatic heterocycles. The van der Waals surface area contributed by atoms with Gasteiger partial charge < -0.3 is 9.15 Å². The highest BCUT2D eigenvalue weighted by atomic mass is 32.1. The largest absolute Gasteiger partial charge is 0.449 e. The smallest absolute Gasteiger partial charge is 0.338 e. The molecule has 0 aliphatic carbocycles. The Labute approximate surface area is 150 Å². The maximum Gasteiger partial charge on any atom is 0.338 e. The van der Waals surface area contributed by atoms with Crippen molar-refractivity contribution in [1.82, 2.24) is 10.2 Å². The van der Waals surface area contributed by atoms with Crippen molar-refractivity contribution >= 4 is 17.3 Å². The lowest BCUT2D eigenvalue weighted by Crippen LogP contribution is -2.13. The molecular weight excluding hydrogens is 336 g/mol. The monoisotopic (exact) mass is 356 g/mol. The van der Waals surface area contributed by atoms with Crippen molar-refractivity contribution in [2.45, 2.75) is 39.2 Å². The summed E-state index contributed by atoms with van der Waals surface area (Å²) in [6, 6.07) is 11.3. The topological polar surface area (TPSA) is 65.2 Å². The van der Waals surface area contributed by atoms with Crippen molar-refractivity contribution in [1.29, 1.82) is 0 Å². The van der Waals surface area contributed by atoms with Gasteiger partial charge in [-0.05, 0) is 41.5 Å². The Morgan fingerprint density at radius 3 is 2.48 bits per heavy atom. The van der Waals surface area contributed by atoms with Gasteiger partial charge in [-0.15, -0.1) is 21.5 Å². The molecule has 0 unspecified atom stereocenters. The van der Waals surface area contributed by atoms with Crippen LogP contribution in [0.15, 0.2) is 46.2 Å². The Kier molecular flexibility index (Phi) is 4.72. The highest BCUT2D eigenvalue weighted by molar-refractivity contribution is 7.13. The fourth-order valence-corrected chi connectivity index (χ4v) is 2.93. The second-order valence-corrected chi connectivity index (χ2v) is 7.75. The first-order valence-corrected chi connectivity index (χ1v) is 8.91. The van der Waals surface area contributed by atoms with Gasteiger partial charge in [0.2, 0.25) is 0 Å². The number of ether oxygens (including phenoxy) is 1. The second kappa shape index (κ2) is 6.80. The van der Waals surface area contributed by atoms with Crippen LogP contribution in [0, 0.1) is 0 Å². The van der Waals surface area contributed by atoms with Crippen LogP contribution in [0.2, 0.25) is 0 Å². The lowest BCUT2D eigenvalue weighted by molar-refractivity contribution is 0.0280. The van der Waals surface area contributed by atoms with Crippen LogP contribution in [-0.4, -0.2) is 16.2 Å². The first-order valence-electron chi connectivity index (χ1n) is 8.03. The van der Waals surface area contributed by atoms with E-state index in [4.69, 9.17) is 9.15 Å². The predicted molar refractivity (Wildman–Crippen MR) is 96.6 cm³/mol. The number of carbonyl (C=O) groups excluding carboxylic acids is 1. The fraction of sp³-hybridized carbons (Fsp3) is 0.316. The lowest BCUT2D eigenvalue weighted by atomic mass is 9.87. The van der Waals surface area contributed by atoms with E-state index in [0.717, 1.165) is 10.4 Å². The van der Waals surface area contributed by atoms with Crippen LogP contribution < -0.4 is 0 Å². The molecule has 130 valence electrons. The van der Waals surface area contributed by atoms with E-state index in [1.807, 2.05) is 29.6 Å². The molecule has 3 aromatic rings. The average Bonchev–Trinajstić information content (AvgIpc) is 3.25. The van der Waals surface area contributed by atoms with Crippen LogP contribution in [-0.2, 0) is 10.2 Å². The van der Waals surface area contributed by atoms with E-state index in [9.17, 15) is 4.79 Å². The van der Waals surface area contributed by atoms with Gasteiger partial charge in [0.25, 0.3) is 11.8 Å². The fourth-order valence-electron chi connectivity index (χ4n) is 2.28. The molecule has 0 radical (unpaired) electrons. The summed E-state index contributed by atoms with van der Waals surface area (Å²) < 4.78 is 11.0. The molecule has 0 saturated carbocycles. The molecule has 0 aliphatic heterocycles. The van der Waals surface area contributed by atoms with Crippen molar-refractivity contribution in [2.24, 2.45) is 0 Å². The Bertz CT molecular complexity index is 846. The third-order valence-corrected chi connectivity index (χ3v) is 4.65. The van der Waals surface area contributed by atoms with Crippen LogP contribution >= 0.6 is 11.3 Å². The molecule has 0 N–H and O–H groups in total. The summed E-state index contributed by atoms with van der Waals surface area (Å²) in [5.74, 6) is 0.300. The Balaban J connectivity index is 1.68. The first kappa shape index (κ1) is 17.4. The van der Waals surface area contributed by atoms with E-state index in [2.05, 4.69) is 31.0 Å². The highest BCUT2D eigenvalue weighted by Gasteiger charge is 2.21. The number of esters is 1. The van der Waals surface area contributed by atoms with Gasteiger partial charge in [0.05, 0.1) is 10.4 Å². The summed E-state index contributed by atoms with van der Waals surface area (Å²) in [6.07, 6.45) is -0.615. The van der Waals surface area contributed by atoms with Crippen molar-refractivity contribution < 1.29 is 13.9 Å². The second-order valence-electron chi connectivity index (χ2n) is 6.80. The SMILES string of the molecule is C[C@H](OC(=O)c1ccc(C(C)(C)C)cc1)c1nnc(-c2cccs2)o1. The van der Waals surface area contributed by atoms with Crippen molar-refractivity contribution in [3.05, 3.63) is 58.8 Å². The van der Waals surface area contributed by atoms with E-state index in [-0.39, 0.29) is 11.3 Å². The molecule has 5 nitrogen and oxygen atoms in total. The zero-order chi connectivity index (χ0) is 18.0. The van der Waals surface area contributed by atoms with Crippen LogP contribution in [0.1, 0.15) is 55.6 Å². The molecule has 6 heteroatoms. The van der Waals surface area contributed by atoms with Crippen LogP contribution in [0.5, 0.6) is 0 Å². The lowest BCUT2D eigenvalue weighted by Gasteiger charge is -2.19. The number of nitrogens with zero attached hydrogens (tertiary/aromatic N) is 2. The van der Waals surface area contributed by atoms with E-state index in [1.54, 1.807) is 19.1 Å². The first-order chi connectivity index (χ1) is 11.8. The maximum atomic E-state index is 12.3. The Morgan fingerprint density at radius 2 is 1.88 bits per heavy atom. The van der Waals surface area contributed by atoms with Gasteiger partial charge in [0.1, 0.15) is 0 Å². The summed E-state index contributed by atoms with van der Waals surface area (Å²) in [4.78, 5) is 13.2. The normalized spacial score (nSPS) is 12.8. The van der Waals surface area contributed by atoms with Gasteiger partial charge in [-0.1, -0.05) is 39.0 Å². The Morgan fingerprint density at radius 1 is 1.16 bits per heavy atom. The quantitative estimate of drug-likeness (QED) is 0.615. The minimum absolute atomic E-state index is 0.0394. The number of thiophene rings is 1. The number of carbonyl (C=O) groups is 1. The van der Waals surface area contributed by atoms with E-state index in [0.29, 0.717) is 11.5 Å². The number of rotatable bonds is 4. The van der Waals surface area contributed by atoms with Gasteiger partial charge in [-0.25, -0.2) is 4.79 Å². The molecule has 0 fully saturated rings. The number of hydrogen-bond donors (Lipinski definition) is 0. The zero-order valence-corrected chi connectivity index (χ0v) is 15.5. The molecule has 25 heavy (non-hydrogen) atoms. The zero-order valence-electron chi connectivity index (χ0n) is 14.6. The third-order valence-electron chi connectivity index (χ3n) is 3.79. The van der Waals surface area contributed by atoms with Crippen LogP contribution in [0.25, 0.3) is 10.8 Å². The molecule has 2 heterocycles. The molecule has 0 spiro atoms. The number of hydrogen-bond acceptors (Lipinski definition) is 6. The predicted octanol–water partition coefficient (Wildman–Crippen LogP) is 5.01. The summed E-state index contributed by atoms with van der Waals surface area (Å²) >= 11 is 1.51. The van der Waals surface area contributed by atoms with Gasteiger partial charge in [0.15, 0.2) is 6.10 Å². The van der Waals surface area contributed by atoms with Crippen molar-refractivity contribution in [3.8, 4) is 10.8 Å². The molecular formula is C19H20N2O3S. The minimum Gasteiger partial charge on any atom is -0.449 e. The average molecular weight is 356 g/mol. The van der Waals surface area contributed by atoms with Gasteiger partial charge in [0, 0.05) is 0 Å². The highest BCUT2D eigenvalue weighted by Crippen LogP contribution is 2.27. The van der Waals surface area contributed by atoms with E-state index < -0.39 is 12.1 Å². The summed E-state index contributed by atoms with van der Waals surface area (Å²) in [5, 5.41) is 9.91. The van der Waals surface area contributed by atoms with Gasteiger partial charge in [-0.3, -0.25) is 0 Å². The molecule has 0 bridgehead atoms. The molecule has 0 aliphatic rings. The summed E-state index contributed by atoms with van der Waals surface area (Å²) in [6.45, 7) is 8.10. The van der Waals surface area contributed by atoms with Crippen molar-refractivity contribution in [3.63, 3.8) is 0 Å². The number of aromatic nitrogens is 2. The van der Waals surface area contributed by atoms with E-state index in [1.165, 1.54) is 11.3 Å². The van der Waals surface area contributed by atoms with Crippen LogP contribution in [0.4, 0.5) is 0 Å². The van der Waals surface area contributed by atoms with Crippen molar-refractivity contribution in [2.75, 3.05) is 0 Å².